The molecule has 2 aromatic rings. The number of rotatable bonds is 3. The molecular weight excluding hydrogens is 272 g/mol. The van der Waals surface area contributed by atoms with Gasteiger partial charge in [0.2, 0.25) is 0 Å². The van der Waals surface area contributed by atoms with E-state index in [4.69, 9.17) is 17.3 Å². The quantitative estimate of drug-likeness (QED) is 0.849. The Balaban J connectivity index is 2.18. The van der Waals surface area contributed by atoms with Crippen molar-refractivity contribution in [3.63, 3.8) is 0 Å². The third kappa shape index (κ3) is 3.13. The summed E-state index contributed by atoms with van der Waals surface area (Å²) in [4.78, 5) is 12.9. The van der Waals surface area contributed by atoms with E-state index < -0.39 is 5.97 Å². The molecular formula is C15H14N2O2S. The van der Waals surface area contributed by atoms with Crippen molar-refractivity contribution in [1.29, 1.82) is 0 Å². The van der Waals surface area contributed by atoms with Crippen molar-refractivity contribution in [1.82, 2.24) is 0 Å². The minimum atomic E-state index is -0.988. The van der Waals surface area contributed by atoms with Crippen LogP contribution >= 0.6 is 12.2 Å². The first-order valence-corrected chi connectivity index (χ1v) is 6.42. The van der Waals surface area contributed by atoms with Gasteiger partial charge >= 0.3 is 5.97 Å². The number of anilines is 2. The second-order valence-electron chi connectivity index (χ2n) is 4.18. The maximum atomic E-state index is 11.1. The molecule has 0 saturated heterocycles. The average Bonchev–Trinajstić information content (AvgIpc) is 2.47. The number of para-hydroxylation sites is 2. The fraction of sp³-hybridized carbons (Fsp3) is 0.0667. The molecule has 0 aromatic heterocycles. The van der Waals surface area contributed by atoms with Gasteiger partial charge in [-0.3, -0.25) is 0 Å². The van der Waals surface area contributed by atoms with Crippen LogP contribution in [0.25, 0.3) is 0 Å². The molecule has 102 valence electrons. The number of benzene rings is 2. The number of hydrogen-bond acceptors (Lipinski definition) is 2. The van der Waals surface area contributed by atoms with E-state index in [9.17, 15) is 4.79 Å². The molecule has 0 radical (unpaired) electrons. The molecule has 2 aromatic carbocycles. The van der Waals surface area contributed by atoms with Crippen LogP contribution in [-0.4, -0.2) is 23.2 Å². The van der Waals surface area contributed by atoms with Crippen molar-refractivity contribution in [2.45, 2.75) is 0 Å². The van der Waals surface area contributed by atoms with Crippen LogP contribution in [0.3, 0.4) is 0 Å². The van der Waals surface area contributed by atoms with Gasteiger partial charge in [0.15, 0.2) is 5.11 Å². The maximum Gasteiger partial charge on any atom is 0.337 e. The fourth-order valence-corrected chi connectivity index (χ4v) is 1.96. The van der Waals surface area contributed by atoms with Gasteiger partial charge in [-0.2, -0.15) is 0 Å². The summed E-state index contributed by atoms with van der Waals surface area (Å²) in [5.74, 6) is -0.988. The lowest BCUT2D eigenvalue weighted by molar-refractivity contribution is 0.0698. The van der Waals surface area contributed by atoms with E-state index in [-0.39, 0.29) is 5.56 Å². The predicted molar refractivity (Wildman–Crippen MR) is 84.5 cm³/mol. The number of carboxylic acids is 1. The number of carboxylic acid groups (broad SMARTS) is 1. The molecule has 0 aliphatic rings. The maximum absolute atomic E-state index is 11.1. The highest BCUT2D eigenvalue weighted by atomic mass is 32.1. The zero-order valence-corrected chi connectivity index (χ0v) is 11.7. The van der Waals surface area contributed by atoms with Gasteiger partial charge in [0.1, 0.15) is 0 Å². The molecule has 0 aliphatic carbocycles. The van der Waals surface area contributed by atoms with Crippen molar-refractivity contribution in [2.75, 3.05) is 17.3 Å². The normalized spacial score (nSPS) is 9.85. The van der Waals surface area contributed by atoms with Crippen molar-refractivity contribution in [3.05, 3.63) is 60.2 Å². The summed E-state index contributed by atoms with van der Waals surface area (Å²) in [6.07, 6.45) is 0. The van der Waals surface area contributed by atoms with Crippen molar-refractivity contribution in [2.24, 2.45) is 0 Å². The van der Waals surface area contributed by atoms with Crippen LogP contribution in [0.5, 0.6) is 0 Å². The van der Waals surface area contributed by atoms with Gasteiger partial charge in [0.05, 0.1) is 11.3 Å². The molecule has 0 fully saturated rings. The topological polar surface area (TPSA) is 52.6 Å². The van der Waals surface area contributed by atoms with Gasteiger partial charge in [0.25, 0.3) is 0 Å². The number of nitrogens with zero attached hydrogens (tertiary/aromatic N) is 1. The van der Waals surface area contributed by atoms with E-state index in [2.05, 4.69) is 5.32 Å². The highest BCUT2D eigenvalue weighted by Gasteiger charge is 2.12. The summed E-state index contributed by atoms with van der Waals surface area (Å²) in [5, 5.41) is 12.5. The van der Waals surface area contributed by atoms with Gasteiger partial charge < -0.3 is 15.3 Å². The molecule has 0 heterocycles. The molecule has 0 unspecified atom stereocenters. The van der Waals surface area contributed by atoms with Crippen LogP contribution in [-0.2, 0) is 0 Å². The Hall–Kier alpha value is -2.40. The second kappa shape index (κ2) is 6.16. The lowest BCUT2D eigenvalue weighted by atomic mass is 10.2. The third-order valence-electron chi connectivity index (χ3n) is 2.85. The van der Waals surface area contributed by atoms with Crippen molar-refractivity contribution in [3.8, 4) is 0 Å². The minimum absolute atomic E-state index is 0.191. The average molecular weight is 286 g/mol. The van der Waals surface area contributed by atoms with Crippen LogP contribution in [0.15, 0.2) is 54.6 Å². The molecule has 0 atom stereocenters. The van der Waals surface area contributed by atoms with E-state index in [1.165, 1.54) is 6.07 Å². The highest BCUT2D eigenvalue weighted by molar-refractivity contribution is 7.80. The monoisotopic (exact) mass is 286 g/mol. The first-order valence-electron chi connectivity index (χ1n) is 6.01. The SMILES string of the molecule is CN(C(=S)Nc1ccccc1C(=O)O)c1ccccc1. The second-order valence-corrected chi connectivity index (χ2v) is 4.56. The third-order valence-corrected chi connectivity index (χ3v) is 3.22. The summed E-state index contributed by atoms with van der Waals surface area (Å²) < 4.78 is 0. The molecule has 5 heteroatoms. The zero-order valence-electron chi connectivity index (χ0n) is 10.9. The number of thiocarbonyl (C=S) groups is 1. The Kier molecular flexibility index (Phi) is 4.32. The molecule has 2 rings (SSSR count). The van der Waals surface area contributed by atoms with Crippen LogP contribution in [0.1, 0.15) is 10.4 Å². The van der Waals surface area contributed by atoms with Crippen LogP contribution in [0, 0.1) is 0 Å². The summed E-state index contributed by atoms with van der Waals surface area (Å²) >= 11 is 5.31. The van der Waals surface area contributed by atoms with Gasteiger partial charge in [-0.15, -0.1) is 0 Å². The Morgan fingerprint density at radius 2 is 1.70 bits per heavy atom. The van der Waals surface area contributed by atoms with Crippen LogP contribution < -0.4 is 10.2 Å². The highest BCUT2D eigenvalue weighted by Crippen LogP contribution is 2.17. The summed E-state index contributed by atoms with van der Waals surface area (Å²) in [6.45, 7) is 0. The van der Waals surface area contributed by atoms with Crippen LogP contribution in [0.2, 0.25) is 0 Å². The Morgan fingerprint density at radius 1 is 1.10 bits per heavy atom. The standard InChI is InChI=1S/C15H14N2O2S/c1-17(11-7-3-2-4-8-11)15(20)16-13-10-6-5-9-12(13)14(18)19/h2-10H,1H3,(H,16,20)(H,18,19). The molecule has 0 amide bonds. The number of nitrogens with one attached hydrogen (secondary N) is 1. The molecule has 0 aliphatic heterocycles. The minimum Gasteiger partial charge on any atom is -0.478 e. The molecule has 0 bridgehead atoms. The predicted octanol–water partition coefficient (Wildman–Crippen LogP) is 3.22. The smallest absolute Gasteiger partial charge is 0.337 e. The Morgan fingerprint density at radius 3 is 2.35 bits per heavy atom. The van der Waals surface area contributed by atoms with Gasteiger partial charge in [-0.05, 0) is 36.5 Å². The molecule has 20 heavy (non-hydrogen) atoms. The van der Waals surface area contributed by atoms with Crippen LogP contribution in [0.4, 0.5) is 11.4 Å². The van der Waals surface area contributed by atoms with Crippen molar-refractivity contribution >= 4 is 34.7 Å². The largest absolute Gasteiger partial charge is 0.478 e. The van der Waals surface area contributed by atoms with Gasteiger partial charge in [-0.1, -0.05) is 30.3 Å². The summed E-state index contributed by atoms with van der Waals surface area (Å²) in [5.41, 5.74) is 1.60. The van der Waals surface area contributed by atoms with E-state index in [1.54, 1.807) is 23.1 Å². The number of aromatic carboxylic acids is 1. The van der Waals surface area contributed by atoms with E-state index >= 15 is 0 Å². The fourth-order valence-electron chi connectivity index (χ4n) is 1.75. The molecule has 0 saturated carbocycles. The number of hydrogen-bond donors (Lipinski definition) is 2. The summed E-state index contributed by atoms with van der Waals surface area (Å²) in [6, 6.07) is 16.3. The zero-order chi connectivity index (χ0) is 14.5. The van der Waals surface area contributed by atoms with E-state index in [0.29, 0.717) is 10.8 Å². The van der Waals surface area contributed by atoms with E-state index in [0.717, 1.165) is 5.69 Å². The molecule has 4 nitrogen and oxygen atoms in total. The molecule has 2 N–H and O–H groups in total. The first kappa shape index (κ1) is 14.0. The lowest BCUT2D eigenvalue weighted by Crippen LogP contribution is -2.31. The van der Waals surface area contributed by atoms with Gasteiger partial charge in [0, 0.05) is 12.7 Å². The Bertz CT molecular complexity index is 629. The summed E-state index contributed by atoms with van der Waals surface area (Å²) in [7, 11) is 1.83. The number of carbonyl (C=O) groups is 1. The van der Waals surface area contributed by atoms with E-state index in [1.807, 2.05) is 37.4 Å². The van der Waals surface area contributed by atoms with Crippen molar-refractivity contribution < 1.29 is 9.90 Å². The molecule has 0 spiro atoms. The lowest BCUT2D eigenvalue weighted by Gasteiger charge is -2.21. The Labute approximate surface area is 122 Å². The first-order chi connectivity index (χ1) is 9.59. The van der Waals surface area contributed by atoms with Gasteiger partial charge in [-0.25, -0.2) is 4.79 Å².